The van der Waals surface area contributed by atoms with Crippen molar-refractivity contribution in [1.29, 1.82) is 5.26 Å². The minimum absolute atomic E-state index is 0.0961. The fourth-order valence-corrected chi connectivity index (χ4v) is 4.82. The number of nitriles is 1. The Hall–Kier alpha value is -4.75. The highest BCUT2D eigenvalue weighted by molar-refractivity contribution is 5.96. The Bertz CT molecular complexity index is 1650. The Morgan fingerprint density at radius 2 is 1.93 bits per heavy atom. The highest BCUT2D eigenvalue weighted by Gasteiger charge is 2.32. The van der Waals surface area contributed by atoms with E-state index in [1.54, 1.807) is 12.3 Å². The zero-order valence-corrected chi connectivity index (χ0v) is 21.7. The van der Waals surface area contributed by atoms with Gasteiger partial charge in [-0.3, -0.25) is 9.99 Å². The van der Waals surface area contributed by atoms with Gasteiger partial charge in [-0.2, -0.15) is 9.65 Å². The molecule has 0 amide bonds. The number of nitrogens with one attached hydrogen (secondary N) is 4. The normalized spacial score (nSPS) is 17.3. The Kier molecular flexibility index (Phi) is 6.55. The predicted octanol–water partition coefficient (Wildman–Crippen LogP) is 5.82. The topological polar surface area (TPSA) is 101 Å². The number of hydrogen-bond acceptors (Lipinski definition) is 8. The lowest BCUT2D eigenvalue weighted by atomic mass is 10.0. The molecule has 0 saturated heterocycles. The highest BCUT2D eigenvalue weighted by atomic mass is 19.1. The molecular weight excluding hydrogens is 510 g/mol. The van der Waals surface area contributed by atoms with E-state index in [0.717, 1.165) is 24.8 Å². The zero-order valence-electron chi connectivity index (χ0n) is 22.7. The van der Waals surface area contributed by atoms with Crippen molar-refractivity contribution in [2.45, 2.75) is 44.3 Å². The van der Waals surface area contributed by atoms with Gasteiger partial charge in [-0.1, -0.05) is 43.3 Å². The van der Waals surface area contributed by atoms with Gasteiger partial charge in [-0.25, -0.2) is 9.37 Å². The largest absolute Gasteiger partial charge is 0.377 e. The number of fused-ring (bicyclic) bond motifs is 1. The molecule has 1 saturated carbocycles. The third-order valence-corrected chi connectivity index (χ3v) is 7.06. The van der Waals surface area contributed by atoms with Crippen LogP contribution in [0, 0.1) is 23.1 Å². The second-order valence-electron chi connectivity index (χ2n) is 9.82. The lowest BCUT2D eigenvalue weighted by molar-refractivity contribution is 0.260. The van der Waals surface area contributed by atoms with Crippen molar-refractivity contribution >= 4 is 22.3 Å². The first-order valence-electron chi connectivity index (χ1n) is 13.7. The van der Waals surface area contributed by atoms with Crippen LogP contribution in [-0.4, -0.2) is 21.0 Å². The molecule has 4 N–H and O–H groups in total. The summed E-state index contributed by atoms with van der Waals surface area (Å²) in [6.07, 6.45) is 7.20. The van der Waals surface area contributed by atoms with Crippen molar-refractivity contribution in [3.05, 3.63) is 107 Å². The summed E-state index contributed by atoms with van der Waals surface area (Å²) in [5.41, 5.74) is 8.99. The monoisotopic (exact) mass is 539 g/mol. The molecule has 2 atom stereocenters. The number of benzene rings is 2. The molecule has 2 aromatic heterocycles. The lowest BCUT2D eigenvalue weighted by Gasteiger charge is -2.23. The third kappa shape index (κ3) is 5.11. The predicted molar refractivity (Wildman–Crippen MR) is 149 cm³/mol. The molecule has 3 heterocycles. The summed E-state index contributed by atoms with van der Waals surface area (Å²) in [5, 5.41) is 18.8. The molecule has 8 nitrogen and oxygen atoms in total. The summed E-state index contributed by atoms with van der Waals surface area (Å²) in [5.74, 6) is -1.29. The van der Waals surface area contributed by atoms with Gasteiger partial charge in [0.1, 0.15) is 11.6 Å². The van der Waals surface area contributed by atoms with Gasteiger partial charge >= 0.3 is 0 Å². The van der Waals surface area contributed by atoms with E-state index in [-0.39, 0.29) is 22.8 Å². The number of rotatable bonds is 9. The smallest absolute Gasteiger partial charge is 0.212 e. The van der Waals surface area contributed by atoms with E-state index in [1.807, 2.05) is 42.3 Å². The van der Waals surface area contributed by atoms with Crippen LogP contribution in [0.3, 0.4) is 0 Å². The van der Waals surface area contributed by atoms with Crippen molar-refractivity contribution in [3.8, 4) is 6.07 Å². The number of hydrogen-bond donors (Lipinski definition) is 4. The van der Waals surface area contributed by atoms with Gasteiger partial charge in [-0.15, -0.1) is 5.53 Å². The van der Waals surface area contributed by atoms with Crippen molar-refractivity contribution in [2.75, 3.05) is 10.6 Å². The number of halogens is 2. The van der Waals surface area contributed by atoms with E-state index < -0.39 is 17.8 Å². The molecule has 4 aromatic rings. The molecule has 1 unspecified atom stereocenters. The molecule has 0 spiro atoms. The number of pyridine rings is 2. The second kappa shape index (κ2) is 10.8. The van der Waals surface area contributed by atoms with Gasteiger partial charge in [-0.05, 0) is 48.6 Å². The van der Waals surface area contributed by atoms with Gasteiger partial charge in [0.15, 0.2) is 5.82 Å². The summed E-state index contributed by atoms with van der Waals surface area (Å²) >= 11 is 0. The summed E-state index contributed by atoms with van der Waals surface area (Å²) < 4.78 is 38.8. The summed E-state index contributed by atoms with van der Waals surface area (Å²) in [6, 6.07) is 16.1. The van der Waals surface area contributed by atoms with Crippen LogP contribution in [0.25, 0.3) is 10.9 Å². The van der Waals surface area contributed by atoms with Crippen LogP contribution < -0.4 is 21.6 Å². The molecule has 40 heavy (non-hydrogen) atoms. The third-order valence-electron chi connectivity index (χ3n) is 7.06. The van der Waals surface area contributed by atoms with Crippen LogP contribution in [0.4, 0.5) is 20.2 Å². The molecule has 0 radical (unpaired) electrons. The van der Waals surface area contributed by atoms with Crippen molar-refractivity contribution in [2.24, 2.45) is 0 Å². The van der Waals surface area contributed by atoms with Crippen LogP contribution in [0.5, 0.6) is 0 Å². The zero-order chi connectivity index (χ0) is 28.6. The average molecular weight is 540 g/mol. The van der Waals surface area contributed by atoms with Gasteiger partial charge < -0.3 is 16.1 Å². The van der Waals surface area contributed by atoms with E-state index in [4.69, 9.17) is 0 Å². The van der Waals surface area contributed by atoms with E-state index in [1.165, 1.54) is 30.6 Å². The van der Waals surface area contributed by atoms with Crippen LogP contribution in [-0.2, 0) is 0 Å². The molecule has 0 bridgehead atoms. The Labute approximate surface area is 232 Å². The highest BCUT2D eigenvalue weighted by Crippen LogP contribution is 2.36. The lowest BCUT2D eigenvalue weighted by Crippen LogP contribution is -2.38. The van der Waals surface area contributed by atoms with E-state index >= 15 is 4.39 Å². The molecule has 10 heteroatoms. The minimum Gasteiger partial charge on any atom is -0.377 e. The summed E-state index contributed by atoms with van der Waals surface area (Å²) in [6.45, 7) is 2.03. The van der Waals surface area contributed by atoms with Crippen LogP contribution in [0.2, 0.25) is 0 Å². The fourth-order valence-electron chi connectivity index (χ4n) is 4.82. The molecule has 1 aliphatic carbocycles. The standard InChI is InChI=1S/C30H28F2N8/c1-2-25(18-6-4-3-5-7-18)37-28-20(14-33)16-35-30-23(28)12-21(13-24(30)31)36-29(19-8-11-27(32)34-15-19)26-17-40(39-38-26)22-9-10-22/h3-8,11-13,15-17,22,25,29,36,38-39H,2,9-10H2,1H3,(H,35,37)/t25-,29?/m1/s1/i29D. The molecular formula is C30H28F2N8. The van der Waals surface area contributed by atoms with Crippen LogP contribution in [0.15, 0.2) is 78.9 Å². The molecule has 1 aliphatic heterocycles. The van der Waals surface area contributed by atoms with Crippen molar-refractivity contribution < 1.29 is 10.2 Å². The Balaban J connectivity index is 1.44. The van der Waals surface area contributed by atoms with Crippen LogP contribution in [0.1, 0.15) is 56.3 Å². The molecule has 202 valence electrons. The summed E-state index contributed by atoms with van der Waals surface area (Å²) in [4.78, 5) is 7.99. The molecule has 1 fully saturated rings. The fraction of sp³-hybridized carbons (Fsp3) is 0.233. The number of aromatic nitrogens is 2. The molecule has 6 rings (SSSR count). The molecule has 2 aliphatic rings. The van der Waals surface area contributed by atoms with Gasteiger partial charge in [0, 0.05) is 35.7 Å². The van der Waals surface area contributed by atoms with E-state index in [2.05, 4.69) is 37.6 Å². The van der Waals surface area contributed by atoms with Gasteiger partial charge in [0.05, 0.1) is 30.4 Å². The first-order chi connectivity index (χ1) is 19.9. The maximum atomic E-state index is 15.6. The van der Waals surface area contributed by atoms with Crippen molar-refractivity contribution in [3.63, 3.8) is 0 Å². The maximum absolute atomic E-state index is 15.6. The number of nitrogens with zero attached hydrogens (tertiary/aromatic N) is 4. The first kappa shape index (κ1) is 24.3. The maximum Gasteiger partial charge on any atom is 0.212 e. The van der Waals surface area contributed by atoms with Gasteiger partial charge in [0.2, 0.25) is 5.95 Å². The minimum atomic E-state index is -1.69. The van der Waals surface area contributed by atoms with E-state index in [0.29, 0.717) is 28.4 Å². The first-order valence-corrected chi connectivity index (χ1v) is 13.2. The van der Waals surface area contributed by atoms with E-state index in [9.17, 15) is 11.0 Å². The van der Waals surface area contributed by atoms with Gasteiger partial charge in [0.25, 0.3) is 0 Å². The SMILES string of the molecule is [2H]C(Nc1cc(F)c2ncc(C#N)c(N[C@H](CC)c3ccccc3)c2c1)(C1=CN(C2CC2)NN1)c1ccc(F)nc1. The second-order valence-corrected chi connectivity index (χ2v) is 9.82. The number of hydrazine groups is 2. The average Bonchev–Trinajstić information content (AvgIpc) is 3.72. The van der Waals surface area contributed by atoms with Crippen molar-refractivity contribution in [1.82, 2.24) is 25.9 Å². The summed E-state index contributed by atoms with van der Waals surface area (Å²) in [7, 11) is 0. The Morgan fingerprint density at radius 3 is 2.62 bits per heavy atom. The number of anilines is 2. The molecule has 2 aromatic carbocycles. The quantitative estimate of drug-likeness (QED) is 0.197. The van der Waals surface area contributed by atoms with Crippen LogP contribution >= 0.6 is 0 Å². The Morgan fingerprint density at radius 1 is 1.10 bits per heavy atom.